The van der Waals surface area contributed by atoms with Gasteiger partial charge in [0.2, 0.25) is 0 Å². The van der Waals surface area contributed by atoms with Gasteiger partial charge in [-0.3, -0.25) is 4.79 Å². The van der Waals surface area contributed by atoms with E-state index in [1.807, 2.05) is 6.92 Å². The first-order chi connectivity index (χ1) is 8.54. The number of urea groups is 1. The number of carbonyl (C=O) groups excluding carboxylic acids is 1. The number of hydrogen-bond acceptors (Lipinski definition) is 3. The average molecular weight is 254 g/mol. The van der Waals surface area contributed by atoms with E-state index in [0.717, 1.165) is 5.56 Å². The largest absolute Gasteiger partial charge is 0.481 e. The highest BCUT2D eigenvalue weighted by molar-refractivity contribution is 5.75. The predicted molar refractivity (Wildman–Crippen MR) is 65.0 cm³/mol. The summed E-state index contributed by atoms with van der Waals surface area (Å²) in [5.74, 6) is -0.913. The highest BCUT2D eigenvalue weighted by Gasteiger charge is 2.20. The Morgan fingerprint density at radius 2 is 2.28 bits per heavy atom. The number of amides is 2. The van der Waals surface area contributed by atoms with Crippen LogP contribution in [-0.4, -0.2) is 34.6 Å². The molecule has 1 aromatic heterocycles. The third-order valence-electron chi connectivity index (χ3n) is 2.63. The van der Waals surface area contributed by atoms with E-state index in [-0.39, 0.29) is 18.5 Å². The Kier molecular flexibility index (Phi) is 5.23. The monoisotopic (exact) mass is 254 g/mol. The van der Waals surface area contributed by atoms with E-state index in [4.69, 9.17) is 9.52 Å². The molecule has 1 rings (SSSR count). The van der Waals surface area contributed by atoms with Gasteiger partial charge in [0.1, 0.15) is 0 Å². The molecule has 2 N–H and O–H groups in total. The quantitative estimate of drug-likeness (QED) is 0.809. The highest BCUT2D eigenvalue weighted by Crippen LogP contribution is 2.05. The van der Waals surface area contributed by atoms with Crippen LogP contribution in [0.5, 0.6) is 0 Å². The minimum absolute atomic E-state index is 0.0625. The molecule has 1 unspecified atom stereocenters. The molecule has 0 saturated heterocycles. The molecule has 0 aromatic carbocycles. The summed E-state index contributed by atoms with van der Waals surface area (Å²) in [5, 5.41) is 11.4. The summed E-state index contributed by atoms with van der Waals surface area (Å²) in [4.78, 5) is 24.0. The van der Waals surface area contributed by atoms with Crippen LogP contribution >= 0.6 is 0 Å². The molecule has 6 nitrogen and oxygen atoms in total. The number of aliphatic carboxylic acids is 1. The van der Waals surface area contributed by atoms with E-state index in [1.54, 1.807) is 19.3 Å². The lowest BCUT2D eigenvalue weighted by Crippen LogP contribution is -2.45. The van der Waals surface area contributed by atoms with Gasteiger partial charge in [0, 0.05) is 24.7 Å². The number of furan rings is 1. The fourth-order valence-corrected chi connectivity index (χ4v) is 1.69. The molecule has 0 fully saturated rings. The number of carboxylic acid groups (broad SMARTS) is 1. The molecule has 18 heavy (non-hydrogen) atoms. The fraction of sp³-hybridized carbons (Fsp3) is 0.500. The van der Waals surface area contributed by atoms with Crippen molar-refractivity contribution < 1.29 is 19.1 Å². The summed E-state index contributed by atoms with van der Waals surface area (Å²) in [6, 6.07) is 1.15. The van der Waals surface area contributed by atoms with Crippen molar-refractivity contribution >= 4 is 12.0 Å². The molecule has 0 aliphatic rings. The highest BCUT2D eigenvalue weighted by atomic mass is 16.4. The van der Waals surface area contributed by atoms with E-state index >= 15 is 0 Å². The molecular weight excluding hydrogens is 236 g/mol. The summed E-state index contributed by atoms with van der Waals surface area (Å²) >= 11 is 0. The van der Waals surface area contributed by atoms with Crippen molar-refractivity contribution in [3.63, 3.8) is 0 Å². The van der Waals surface area contributed by atoms with Crippen molar-refractivity contribution in [2.45, 2.75) is 32.9 Å². The Balaban J connectivity index is 2.48. The molecule has 1 atom stereocenters. The van der Waals surface area contributed by atoms with Gasteiger partial charge in [0.15, 0.2) is 0 Å². The molecule has 1 heterocycles. The minimum Gasteiger partial charge on any atom is -0.481 e. The summed E-state index contributed by atoms with van der Waals surface area (Å²) in [6.07, 6.45) is 3.02. The van der Waals surface area contributed by atoms with Gasteiger partial charge in [-0.15, -0.1) is 0 Å². The molecule has 1 aromatic rings. The molecule has 6 heteroatoms. The lowest BCUT2D eigenvalue weighted by molar-refractivity contribution is -0.138. The number of rotatable bonds is 6. The summed E-state index contributed by atoms with van der Waals surface area (Å²) in [5.41, 5.74) is 0.866. The molecule has 0 aliphatic carbocycles. The zero-order chi connectivity index (χ0) is 13.5. The summed E-state index contributed by atoms with van der Waals surface area (Å²) in [6.45, 7) is 4.36. The molecule has 0 spiro atoms. The Morgan fingerprint density at radius 3 is 2.78 bits per heavy atom. The van der Waals surface area contributed by atoms with Crippen LogP contribution in [0.15, 0.2) is 23.0 Å². The maximum absolute atomic E-state index is 11.9. The third kappa shape index (κ3) is 4.12. The summed E-state index contributed by atoms with van der Waals surface area (Å²) < 4.78 is 4.89. The van der Waals surface area contributed by atoms with Crippen LogP contribution in [0.3, 0.4) is 0 Å². The first-order valence-corrected chi connectivity index (χ1v) is 5.82. The first-order valence-electron chi connectivity index (χ1n) is 5.82. The zero-order valence-electron chi connectivity index (χ0n) is 10.5. The van der Waals surface area contributed by atoms with Crippen LogP contribution in [-0.2, 0) is 11.3 Å². The average Bonchev–Trinajstić information content (AvgIpc) is 2.79. The normalized spacial score (nSPS) is 11.9. The van der Waals surface area contributed by atoms with Gasteiger partial charge in [0.05, 0.1) is 18.9 Å². The Bertz CT molecular complexity index is 389. The smallest absolute Gasteiger partial charge is 0.317 e. The predicted octanol–water partition coefficient (Wildman–Crippen LogP) is 1.67. The third-order valence-corrected chi connectivity index (χ3v) is 2.63. The van der Waals surface area contributed by atoms with Gasteiger partial charge >= 0.3 is 12.0 Å². The van der Waals surface area contributed by atoms with Gasteiger partial charge < -0.3 is 19.7 Å². The van der Waals surface area contributed by atoms with Gasteiger partial charge in [-0.1, -0.05) is 0 Å². The Labute approximate surface area is 106 Å². The number of carboxylic acids is 1. The molecule has 0 aliphatic heterocycles. The van der Waals surface area contributed by atoms with E-state index in [2.05, 4.69) is 5.32 Å². The van der Waals surface area contributed by atoms with Crippen LogP contribution in [0.25, 0.3) is 0 Å². The Hall–Kier alpha value is -1.98. The lowest BCUT2D eigenvalue weighted by atomic mass is 10.2. The second-order valence-electron chi connectivity index (χ2n) is 4.02. The second-order valence-corrected chi connectivity index (χ2v) is 4.02. The number of carbonyl (C=O) groups is 2. The van der Waals surface area contributed by atoms with E-state index < -0.39 is 5.97 Å². The lowest BCUT2D eigenvalue weighted by Gasteiger charge is -2.27. The Morgan fingerprint density at radius 1 is 1.56 bits per heavy atom. The molecule has 2 amide bonds. The maximum atomic E-state index is 11.9. The van der Waals surface area contributed by atoms with Crippen molar-refractivity contribution in [3.8, 4) is 0 Å². The maximum Gasteiger partial charge on any atom is 0.317 e. The zero-order valence-corrected chi connectivity index (χ0v) is 10.5. The minimum atomic E-state index is -0.913. The first kappa shape index (κ1) is 14.1. The van der Waals surface area contributed by atoms with Crippen LogP contribution in [0.2, 0.25) is 0 Å². The van der Waals surface area contributed by atoms with Crippen LogP contribution in [0.4, 0.5) is 4.79 Å². The molecule has 100 valence electrons. The number of nitrogens with zero attached hydrogens (tertiary/aromatic N) is 1. The molecule has 0 bridgehead atoms. The van der Waals surface area contributed by atoms with Gasteiger partial charge in [-0.05, 0) is 19.9 Å². The molecule has 0 saturated carbocycles. The standard InChI is InChI=1S/C12H18N2O4/c1-3-14(9(2)6-11(15)16)12(17)13-7-10-4-5-18-8-10/h4-5,8-9H,3,6-7H2,1-2H3,(H,13,17)(H,15,16). The topological polar surface area (TPSA) is 82.8 Å². The number of hydrogen-bond donors (Lipinski definition) is 2. The van der Waals surface area contributed by atoms with Crippen molar-refractivity contribution in [1.29, 1.82) is 0 Å². The van der Waals surface area contributed by atoms with Crippen molar-refractivity contribution in [2.75, 3.05) is 6.54 Å². The van der Waals surface area contributed by atoms with Crippen molar-refractivity contribution in [1.82, 2.24) is 10.2 Å². The second kappa shape index (κ2) is 6.68. The van der Waals surface area contributed by atoms with Crippen molar-refractivity contribution in [2.24, 2.45) is 0 Å². The molecular formula is C12H18N2O4. The van der Waals surface area contributed by atoms with Gasteiger partial charge in [-0.2, -0.15) is 0 Å². The fourth-order valence-electron chi connectivity index (χ4n) is 1.69. The summed E-state index contributed by atoms with van der Waals surface area (Å²) in [7, 11) is 0. The SMILES string of the molecule is CCN(C(=O)NCc1ccoc1)C(C)CC(=O)O. The van der Waals surface area contributed by atoms with Crippen LogP contribution in [0.1, 0.15) is 25.8 Å². The van der Waals surface area contributed by atoms with Gasteiger partial charge in [0.25, 0.3) is 0 Å². The number of nitrogens with one attached hydrogen (secondary N) is 1. The van der Waals surface area contributed by atoms with Crippen LogP contribution < -0.4 is 5.32 Å². The van der Waals surface area contributed by atoms with E-state index in [9.17, 15) is 9.59 Å². The molecule has 0 radical (unpaired) electrons. The van der Waals surface area contributed by atoms with E-state index in [0.29, 0.717) is 13.1 Å². The van der Waals surface area contributed by atoms with Crippen molar-refractivity contribution in [3.05, 3.63) is 24.2 Å². The van der Waals surface area contributed by atoms with E-state index in [1.165, 1.54) is 11.2 Å². The van der Waals surface area contributed by atoms with Crippen LogP contribution in [0, 0.1) is 0 Å². The van der Waals surface area contributed by atoms with Gasteiger partial charge in [-0.25, -0.2) is 4.79 Å².